The van der Waals surface area contributed by atoms with Crippen LogP contribution in [0.25, 0.3) is 77.9 Å². The highest BCUT2D eigenvalue weighted by atomic mass is 14.5. The molecule has 0 atom stereocenters. The van der Waals surface area contributed by atoms with Crippen LogP contribution >= 0.6 is 0 Å². The molecule has 4 aliphatic carbocycles. The van der Waals surface area contributed by atoms with Gasteiger partial charge in [-0.1, -0.05) is 442 Å². The van der Waals surface area contributed by atoms with Gasteiger partial charge in [-0.05, 0) is 188 Å². The van der Waals surface area contributed by atoms with Crippen LogP contribution in [0.4, 0.5) is 0 Å². The monoisotopic (exact) mass is 1390 g/mol. The minimum Gasteiger partial charge on any atom is -0.0622 e. The molecule has 16 aromatic carbocycles. The van der Waals surface area contributed by atoms with Gasteiger partial charge >= 0.3 is 0 Å². The summed E-state index contributed by atoms with van der Waals surface area (Å²) in [7, 11) is 0. The van der Waals surface area contributed by atoms with Crippen LogP contribution in [0.15, 0.2) is 394 Å². The molecule has 0 amide bonds. The fraction of sp³-hybridized carbons (Fsp3) is 0.111. The molecule has 0 nitrogen and oxygen atoms in total. The number of aryl methyl sites for hydroxylation is 7. The van der Waals surface area contributed by atoms with Gasteiger partial charge in [0.25, 0.3) is 0 Å². The van der Waals surface area contributed by atoms with Crippen molar-refractivity contribution in [3.8, 4) is 77.9 Å². The molecule has 0 fully saturated rings. The summed E-state index contributed by atoms with van der Waals surface area (Å²) in [5.41, 5.74) is 41.7. The van der Waals surface area contributed by atoms with Crippen LogP contribution in [0, 0.1) is 48.5 Å². The lowest BCUT2D eigenvalue weighted by Crippen LogP contribution is -2.28. The van der Waals surface area contributed by atoms with Crippen molar-refractivity contribution in [2.45, 2.75) is 78.6 Å². The van der Waals surface area contributed by atoms with Crippen LogP contribution < -0.4 is 0 Å². The highest BCUT2D eigenvalue weighted by molar-refractivity contribution is 5.95. The second-order valence-electron chi connectivity index (χ2n) is 29.9. The minimum absolute atomic E-state index is 0.151. The first kappa shape index (κ1) is 71.1. The molecule has 524 valence electrons. The molecule has 0 N–H and O–H groups in total. The molecule has 20 rings (SSSR count). The molecular formula is C108H92. The molecule has 0 aromatic heterocycles. The normalized spacial score (nSPS) is 12.9. The number of benzene rings is 16. The van der Waals surface area contributed by atoms with Crippen molar-refractivity contribution in [1.29, 1.82) is 0 Å². The largest absolute Gasteiger partial charge is 0.0725 e. The van der Waals surface area contributed by atoms with E-state index in [1.54, 1.807) is 0 Å². The molecule has 0 aliphatic heterocycles. The number of fused-ring (bicyclic) bond motifs is 16. The van der Waals surface area contributed by atoms with Crippen LogP contribution in [0.5, 0.6) is 0 Å². The summed E-state index contributed by atoms with van der Waals surface area (Å²) in [5.74, 6) is 0. The Morgan fingerprint density at radius 3 is 0.852 bits per heavy atom. The van der Waals surface area contributed by atoms with E-state index in [1.165, 1.54) is 172 Å². The molecule has 0 heteroatoms. The highest BCUT2D eigenvalue weighted by Crippen LogP contribution is 2.63. The lowest BCUT2D eigenvalue weighted by atomic mass is 9.67. The summed E-state index contributed by atoms with van der Waals surface area (Å²) in [6, 6.07) is 142. The Balaban J connectivity index is 0.000000107. The fourth-order valence-corrected chi connectivity index (χ4v) is 17.1. The van der Waals surface area contributed by atoms with E-state index in [0.717, 1.165) is 0 Å². The maximum absolute atomic E-state index is 2.40. The van der Waals surface area contributed by atoms with Gasteiger partial charge in [-0.25, -0.2) is 0 Å². The predicted octanol–water partition coefficient (Wildman–Crippen LogP) is 28.3. The molecule has 0 bridgehead atoms. The number of rotatable bonds is 5. The van der Waals surface area contributed by atoms with Gasteiger partial charge in [0.05, 0.1) is 10.8 Å². The van der Waals surface area contributed by atoms with Gasteiger partial charge in [0, 0.05) is 5.41 Å². The Labute approximate surface area is 641 Å². The highest BCUT2D eigenvalue weighted by Gasteiger charge is 2.52. The average molecular weight is 1390 g/mol. The third kappa shape index (κ3) is 13.6. The van der Waals surface area contributed by atoms with Crippen molar-refractivity contribution in [1.82, 2.24) is 0 Å². The Kier molecular flexibility index (Phi) is 20.4. The van der Waals surface area contributed by atoms with Gasteiger partial charge in [0.15, 0.2) is 0 Å². The molecular weight excluding hydrogens is 1300 g/mol. The van der Waals surface area contributed by atoms with Gasteiger partial charge < -0.3 is 0 Å². The molecule has 0 saturated carbocycles. The molecule has 0 radical (unpaired) electrons. The van der Waals surface area contributed by atoms with E-state index >= 15 is 0 Å². The van der Waals surface area contributed by atoms with Gasteiger partial charge in [-0.2, -0.15) is 0 Å². The SMILES string of the molecule is Cc1ccc(-c2ccccc2)cc1.Cc1ccc2c(c1)C(C)(C)c1ccccc1-2.Cc1ccc2c(c1)C(c1ccccc1)(c1ccccc1)c1cc(C)ccc1-2.Cc1ccc2c(c1)C1(c3ccccc3-c3ccccc31)c1ccccc1-2.Cc1cccc(-c2ccccc2)c1.Cc1ccccc1-c1ccccc1. The first-order valence-corrected chi connectivity index (χ1v) is 38.0. The first-order valence-electron chi connectivity index (χ1n) is 38.0. The van der Waals surface area contributed by atoms with Crippen molar-refractivity contribution in [2.75, 3.05) is 0 Å². The summed E-state index contributed by atoms with van der Waals surface area (Å²) in [6.07, 6.45) is 0. The van der Waals surface area contributed by atoms with Gasteiger partial charge in [0.1, 0.15) is 0 Å². The van der Waals surface area contributed by atoms with Gasteiger partial charge in [-0.3, -0.25) is 0 Å². The quantitative estimate of drug-likeness (QED) is 0.161. The molecule has 1 spiro atoms. The zero-order valence-electron chi connectivity index (χ0n) is 63.5. The molecule has 108 heavy (non-hydrogen) atoms. The molecule has 16 aromatic rings. The number of hydrogen-bond donors (Lipinski definition) is 0. The summed E-state index contributed by atoms with van der Waals surface area (Å²) >= 11 is 0. The standard InChI is InChI=1S/C27H22.C26H18.C16H16.3C13H12/c1-19-13-15-23-24-16-14-20(2)18-26(24)27(25(23)17-19,21-9-5-3-6-10-21)22-11-7-4-8-12-22;1-17-14-15-21-20-10-4-7-13-24(20)26(25(21)16-17)22-11-5-2-8-18(22)19-9-3-6-12-23(19)26;1-11-8-9-13-12-6-4-5-7-14(12)16(2,3)15(13)10-11;1-11-7-5-6-10-13(11)12-8-3-2-4-9-12;1-11-6-5-9-13(10-11)12-7-3-2-4-8-12;1-11-7-9-13(10-8-11)12-5-3-2-4-6-12/h3-18H,1-2H3;2-16H,1H3;4-10H,1-3H3;3*2-10H,1H3. The van der Waals surface area contributed by atoms with Crippen molar-refractivity contribution < 1.29 is 0 Å². The van der Waals surface area contributed by atoms with Crippen LogP contribution in [0.3, 0.4) is 0 Å². The Bertz CT molecular complexity index is 5660. The van der Waals surface area contributed by atoms with E-state index in [1.807, 2.05) is 18.2 Å². The van der Waals surface area contributed by atoms with Crippen molar-refractivity contribution in [3.05, 3.63) is 489 Å². The van der Waals surface area contributed by atoms with Crippen molar-refractivity contribution >= 4 is 0 Å². The maximum atomic E-state index is 2.40. The lowest BCUT2D eigenvalue weighted by molar-refractivity contribution is 0.660. The second kappa shape index (κ2) is 30.9. The Morgan fingerprint density at radius 2 is 0.435 bits per heavy atom. The first-order chi connectivity index (χ1) is 52.7. The topological polar surface area (TPSA) is 0 Å². The Morgan fingerprint density at radius 1 is 0.157 bits per heavy atom. The summed E-state index contributed by atoms with van der Waals surface area (Å²) in [6.45, 7) is 19.7. The van der Waals surface area contributed by atoms with Crippen molar-refractivity contribution in [3.63, 3.8) is 0 Å². The van der Waals surface area contributed by atoms with Crippen LogP contribution in [0.2, 0.25) is 0 Å². The van der Waals surface area contributed by atoms with Crippen LogP contribution in [-0.2, 0) is 16.2 Å². The molecule has 0 unspecified atom stereocenters. The summed E-state index contributed by atoms with van der Waals surface area (Å²) < 4.78 is 0. The van der Waals surface area contributed by atoms with E-state index in [4.69, 9.17) is 0 Å². The third-order valence-corrected chi connectivity index (χ3v) is 22.3. The fourth-order valence-electron chi connectivity index (χ4n) is 17.1. The van der Waals surface area contributed by atoms with E-state index in [-0.39, 0.29) is 16.2 Å². The Hall–Kier alpha value is -12.5. The average Bonchev–Trinajstić information content (AvgIpc) is 1.51. The minimum atomic E-state index is -0.273. The smallest absolute Gasteiger partial charge is 0.0622 e. The van der Waals surface area contributed by atoms with E-state index in [9.17, 15) is 0 Å². The van der Waals surface area contributed by atoms with E-state index < -0.39 is 0 Å². The van der Waals surface area contributed by atoms with Crippen molar-refractivity contribution in [2.24, 2.45) is 0 Å². The third-order valence-electron chi connectivity index (χ3n) is 22.3. The van der Waals surface area contributed by atoms with E-state index in [2.05, 4.69) is 438 Å². The van der Waals surface area contributed by atoms with Gasteiger partial charge in [-0.15, -0.1) is 0 Å². The molecule has 0 saturated heterocycles. The van der Waals surface area contributed by atoms with Gasteiger partial charge in [0.2, 0.25) is 0 Å². The second-order valence-corrected chi connectivity index (χ2v) is 29.9. The van der Waals surface area contributed by atoms with Crippen LogP contribution in [-0.4, -0.2) is 0 Å². The summed E-state index contributed by atoms with van der Waals surface area (Å²) in [4.78, 5) is 0. The molecule has 4 aliphatic rings. The van der Waals surface area contributed by atoms with Crippen LogP contribution in [0.1, 0.15) is 108 Å². The van der Waals surface area contributed by atoms with E-state index in [0.29, 0.717) is 0 Å². The maximum Gasteiger partial charge on any atom is 0.0725 e. The lowest BCUT2D eigenvalue weighted by Gasteiger charge is -2.34. The number of hydrogen-bond acceptors (Lipinski definition) is 0. The zero-order valence-corrected chi connectivity index (χ0v) is 63.5. The predicted molar refractivity (Wildman–Crippen MR) is 459 cm³/mol. The molecule has 0 heterocycles. The zero-order chi connectivity index (χ0) is 74.4. The summed E-state index contributed by atoms with van der Waals surface area (Å²) in [5, 5.41) is 0.